The SMILES string of the molecule is O=c1cc(CSc2ccccc2O)nc2scnn12. The first-order valence-electron chi connectivity index (χ1n) is 5.47. The Bertz CT molecular complexity index is 782. The van der Waals surface area contributed by atoms with Crippen LogP contribution in [0.15, 0.2) is 45.5 Å². The van der Waals surface area contributed by atoms with Crippen molar-refractivity contribution in [2.24, 2.45) is 0 Å². The third-order valence-electron chi connectivity index (χ3n) is 2.48. The van der Waals surface area contributed by atoms with Crippen LogP contribution in [0.3, 0.4) is 0 Å². The molecule has 5 nitrogen and oxygen atoms in total. The summed E-state index contributed by atoms with van der Waals surface area (Å²) >= 11 is 2.77. The van der Waals surface area contributed by atoms with E-state index in [0.29, 0.717) is 16.4 Å². The number of hydrogen-bond donors (Lipinski definition) is 1. The van der Waals surface area contributed by atoms with E-state index in [1.807, 2.05) is 12.1 Å². The average molecular weight is 291 g/mol. The second-order valence-electron chi connectivity index (χ2n) is 3.78. The topological polar surface area (TPSA) is 67.5 Å². The molecule has 1 N–H and O–H groups in total. The maximum atomic E-state index is 11.7. The Morgan fingerprint density at radius 3 is 3.05 bits per heavy atom. The summed E-state index contributed by atoms with van der Waals surface area (Å²) in [5, 5.41) is 13.6. The smallest absolute Gasteiger partial charge is 0.275 e. The van der Waals surface area contributed by atoms with E-state index in [1.165, 1.54) is 33.7 Å². The molecular weight excluding hydrogens is 282 g/mol. The van der Waals surface area contributed by atoms with Crippen molar-refractivity contribution >= 4 is 28.1 Å². The Morgan fingerprint density at radius 1 is 1.37 bits per heavy atom. The van der Waals surface area contributed by atoms with E-state index in [4.69, 9.17) is 0 Å². The molecule has 0 atom stereocenters. The lowest BCUT2D eigenvalue weighted by Gasteiger charge is -2.03. The summed E-state index contributed by atoms with van der Waals surface area (Å²) in [6.07, 6.45) is 0. The fraction of sp³-hybridized carbons (Fsp3) is 0.0833. The van der Waals surface area contributed by atoms with Gasteiger partial charge in [0.2, 0.25) is 4.96 Å². The molecule has 96 valence electrons. The number of fused-ring (bicyclic) bond motifs is 1. The zero-order chi connectivity index (χ0) is 13.2. The predicted molar refractivity (Wildman–Crippen MR) is 74.8 cm³/mol. The van der Waals surface area contributed by atoms with Crippen LogP contribution in [0.5, 0.6) is 5.75 Å². The molecule has 0 bridgehead atoms. The molecule has 3 rings (SSSR count). The molecule has 0 spiro atoms. The van der Waals surface area contributed by atoms with Crippen molar-refractivity contribution in [3.63, 3.8) is 0 Å². The maximum Gasteiger partial charge on any atom is 0.275 e. The van der Waals surface area contributed by atoms with Crippen LogP contribution in [0, 0.1) is 0 Å². The average Bonchev–Trinajstić information content (AvgIpc) is 2.87. The van der Waals surface area contributed by atoms with Gasteiger partial charge in [0.25, 0.3) is 5.56 Å². The Morgan fingerprint density at radius 2 is 2.21 bits per heavy atom. The summed E-state index contributed by atoms with van der Waals surface area (Å²) in [4.78, 5) is 17.5. The van der Waals surface area contributed by atoms with E-state index < -0.39 is 0 Å². The normalized spacial score (nSPS) is 10.9. The van der Waals surface area contributed by atoms with Gasteiger partial charge < -0.3 is 5.11 Å². The minimum Gasteiger partial charge on any atom is -0.507 e. The summed E-state index contributed by atoms with van der Waals surface area (Å²) in [7, 11) is 0. The van der Waals surface area contributed by atoms with Crippen LogP contribution in [-0.4, -0.2) is 19.7 Å². The zero-order valence-electron chi connectivity index (χ0n) is 9.68. The highest BCUT2D eigenvalue weighted by atomic mass is 32.2. The van der Waals surface area contributed by atoms with Gasteiger partial charge >= 0.3 is 0 Å². The zero-order valence-corrected chi connectivity index (χ0v) is 11.3. The third kappa shape index (κ3) is 2.47. The number of aromatic nitrogens is 3. The molecule has 0 unspecified atom stereocenters. The molecule has 0 fully saturated rings. The van der Waals surface area contributed by atoms with E-state index in [2.05, 4.69) is 10.1 Å². The molecule has 3 aromatic rings. The molecule has 0 aliphatic rings. The molecule has 2 aromatic heterocycles. The number of phenolic OH excluding ortho intramolecular Hbond substituents is 1. The first-order chi connectivity index (χ1) is 9.24. The maximum absolute atomic E-state index is 11.7. The number of para-hydroxylation sites is 1. The Hall–Kier alpha value is -1.86. The summed E-state index contributed by atoms with van der Waals surface area (Å²) in [5.74, 6) is 0.768. The monoisotopic (exact) mass is 291 g/mol. The van der Waals surface area contributed by atoms with Crippen molar-refractivity contribution in [2.75, 3.05) is 0 Å². The standard InChI is InChI=1S/C12H9N3O2S2/c16-9-3-1-2-4-10(9)18-6-8-5-11(17)15-12(14-8)19-7-13-15/h1-5,7,16H,6H2. The van der Waals surface area contributed by atoms with Gasteiger partial charge in [0.1, 0.15) is 11.3 Å². The van der Waals surface area contributed by atoms with Crippen molar-refractivity contribution in [1.82, 2.24) is 14.6 Å². The molecular formula is C12H9N3O2S2. The molecule has 7 heteroatoms. The van der Waals surface area contributed by atoms with E-state index in [-0.39, 0.29) is 11.3 Å². The third-order valence-corrected chi connectivity index (χ3v) is 4.25. The second-order valence-corrected chi connectivity index (χ2v) is 5.60. The van der Waals surface area contributed by atoms with Gasteiger partial charge in [-0.3, -0.25) is 4.79 Å². The molecule has 0 saturated carbocycles. The quantitative estimate of drug-likeness (QED) is 0.749. The summed E-state index contributed by atoms with van der Waals surface area (Å²) in [6, 6.07) is 8.57. The molecule has 0 radical (unpaired) electrons. The van der Waals surface area contributed by atoms with Crippen molar-refractivity contribution < 1.29 is 5.11 Å². The van der Waals surface area contributed by atoms with Crippen LogP contribution in [0.25, 0.3) is 4.96 Å². The highest BCUT2D eigenvalue weighted by Crippen LogP contribution is 2.29. The molecule has 0 aliphatic heterocycles. The van der Waals surface area contributed by atoms with Gasteiger partial charge in [0, 0.05) is 16.7 Å². The lowest BCUT2D eigenvalue weighted by Crippen LogP contribution is -2.14. The van der Waals surface area contributed by atoms with Crippen LogP contribution in [0.4, 0.5) is 0 Å². The predicted octanol–water partition coefficient (Wildman–Crippen LogP) is 2.15. The number of thioether (sulfide) groups is 1. The van der Waals surface area contributed by atoms with Crippen LogP contribution in [-0.2, 0) is 5.75 Å². The molecule has 0 saturated heterocycles. The van der Waals surface area contributed by atoms with Gasteiger partial charge in [-0.05, 0) is 12.1 Å². The number of nitrogens with zero attached hydrogens (tertiary/aromatic N) is 3. The van der Waals surface area contributed by atoms with Crippen LogP contribution in [0.1, 0.15) is 5.69 Å². The Kier molecular flexibility index (Phi) is 3.22. The highest BCUT2D eigenvalue weighted by molar-refractivity contribution is 7.98. The minimum atomic E-state index is -0.181. The van der Waals surface area contributed by atoms with E-state index in [0.717, 1.165) is 4.90 Å². The van der Waals surface area contributed by atoms with Gasteiger partial charge in [-0.25, -0.2) is 4.98 Å². The molecule has 19 heavy (non-hydrogen) atoms. The molecule has 0 aliphatic carbocycles. The molecule has 0 amide bonds. The van der Waals surface area contributed by atoms with Gasteiger partial charge in [-0.2, -0.15) is 9.61 Å². The number of rotatable bonds is 3. The lowest BCUT2D eigenvalue weighted by molar-refractivity contribution is 0.462. The fourth-order valence-corrected chi connectivity index (χ4v) is 3.09. The van der Waals surface area contributed by atoms with Crippen LogP contribution < -0.4 is 5.56 Å². The number of hydrogen-bond acceptors (Lipinski definition) is 6. The van der Waals surface area contributed by atoms with Crippen LogP contribution in [0.2, 0.25) is 0 Å². The number of benzene rings is 1. The van der Waals surface area contributed by atoms with Gasteiger partial charge in [-0.15, -0.1) is 11.8 Å². The molecule has 2 heterocycles. The largest absolute Gasteiger partial charge is 0.507 e. The van der Waals surface area contributed by atoms with E-state index >= 15 is 0 Å². The summed E-state index contributed by atoms with van der Waals surface area (Å²) in [5.41, 5.74) is 2.09. The Balaban J connectivity index is 1.86. The highest BCUT2D eigenvalue weighted by Gasteiger charge is 2.06. The van der Waals surface area contributed by atoms with Crippen molar-refractivity contribution in [2.45, 2.75) is 10.6 Å². The minimum absolute atomic E-state index is 0.181. The van der Waals surface area contributed by atoms with Gasteiger partial charge in [0.15, 0.2) is 0 Å². The second kappa shape index (κ2) is 5.02. The molecule has 1 aromatic carbocycles. The van der Waals surface area contributed by atoms with E-state index in [1.54, 1.807) is 17.6 Å². The van der Waals surface area contributed by atoms with E-state index in [9.17, 15) is 9.90 Å². The van der Waals surface area contributed by atoms with Crippen molar-refractivity contribution in [3.8, 4) is 5.75 Å². The first-order valence-corrected chi connectivity index (χ1v) is 7.34. The van der Waals surface area contributed by atoms with Gasteiger partial charge in [0.05, 0.1) is 5.69 Å². The van der Waals surface area contributed by atoms with Crippen LogP contribution >= 0.6 is 23.1 Å². The Labute approximate surface area is 116 Å². The van der Waals surface area contributed by atoms with Gasteiger partial charge in [-0.1, -0.05) is 23.5 Å². The number of aromatic hydroxyl groups is 1. The summed E-state index contributed by atoms with van der Waals surface area (Å²) < 4.78 is 1.28. The first kappa shape index (κ1) is 12.2. The van der Waals surface area contributed by atoms with Crippen molar-refractivity contribution in [1.29, 1.82) is 0 Å². The fourth-order valence-electron chi connectivity index (χ4n) is 1.61. The number of phenols is 1. The lowest BCUT2D eigenvalue weighted by atomic mass is 10.3. The summed E-state index contributed by atoms with van der Waals surface area (Å²) in [6.45, 7) is 0. The van der Waals surface area contributed by atoms with Crippen molar-refractivity contribution in [3.05, 3.63) is 51.9 Å².